The summed E-state index contributed by atoms with van der Waals surface area (Å²) in [7, 11) is 0. The van der Waals surface area contributed by atoms with Gasteiger partial charge in [0.15, 0.2) is 0 Å². The zero-order valence-corrected chi connectivity index (χ0v) is 13.8. The summed E-state index contributed by atoms with van der Waals surface area (Å²) < 4.78 is 13.9. The maximum absolute atomic E-state index is 13.9. The number of rotatable bonds is 5. The predicted molar refractivity (Wildman–Crippen MR) is 92.1 cm³/mol. The van der Waals surface area contributed by atoms with Crippen LogP contribution in [0.15, 0.2) is 42.5 Å². The van der Waals surface area contributed by atoms with E-state index in [2.05, 4.69) is 18.2 Å². The molecule has 0 unspecified atom stereocenters. The minimum Gasteiger partial charge on any atom is -0.335 e. The predicted octanol–water partition coefficient (Wildman–Crippen LogP) is 4.05. The van der Waals surface area contributed by atoms with Gasteiger partial charge in [-0.15, -0.1) is 0 Å². The average Bonchev–Trinajstić information content (AvgIpc) is 3.31. The van der Waals surface area contributed by atoms with Crippen molar-refractivity contribution in [1.82, 2.24) is 4.90 Å². The van der Waals surface area contributed by atoms with Crippen LogP contribution in [0.4, 0.5) is 4.39 Å². The molecule has 1 amide bonds. The molecule has 4 rings (SSSR count). The normalized spacial score (nSPS) is 16.0. The number of carbonyl (C=O) groups is 1. The van der Waals surface area contributed by atoms with E-state index in [1.54, 1.807) is 12.1 Å². The molecule has 2 aliphatic carbocycles. The fourth-order valence-corrected chi connectivity index (χ4v) is 3.63. The van der Waals surface area contributed by atoms with Gasteiger partial charge in [-0.2, -0.15) is 0 Å². The lowest BCUT2D eigenvalue weighted by Crippen LogP contribution is -2.34. The third-order valence-corrected chi connectivity index (χ3v) is 5.12. The molecule has 2 aromatic carbocycles. The number of aryl methyl sites for hydroxylation is 2. The van der Waals surface area contributed by atoms with Crippen molar-refractivity contribution in [2.75, 3.05) is 0 Å². The lowest BCUT2D eigenvalue weighted by atomic mass is 10.0. The zero-order chi connectivity index (χ0) is 16.5. The lowest BCUT2D eigenvalue weighted by molar-refractivity contribution is -0.131. The summed E-state index contributed by atoms with van der Waals surface area (Å²) in [5.74, 6) is -0.118. The van der Waals surface area contributed by atoms with Gasteiger partial charge in [-0.3, -0.25) is 4.79 Å². The molecule has 124 valence electrons. The summed E-state index contributed by atoms with van der Waals surface area (Å²) in [6, 6.07) is 13.5. The van der Waals surface area contributed by atoms with E-state index in [4.69, 9.17) is 0 Å². The van der Waals surface area contributed by atoms with Crippen molar-refractivity contribution >= 4 is 5.91 Å². The Hall–Kier alpha value is -2.16. The average molecular weight is 323 g/mol. The third kappa shape index (κ3) is 3.21. The fourth-order valence-electron chi connectivity index (χ4n) is 3.63. The molecule has 0 aliphatic heterocycles. The Morgan fingerprint density at radius 2 is 1.88 bits per heavy atom. The van der Waals surface area contributed by atoms with Crippen molar-refractivity contribution < 1.29 is 9.18 Å². The molecule has 0 radical (unpaired) electrons. The second-order valence-corrected chi connectivity index (χ2v) is 6.98. The number of benzene rings is 2. The van der Waals surface area contributed by atoms with Crippen LogP contribution < -0.4 is 0 Å². The van der Waals surface area contributed by atoms with Crippen molar-refractivity contribution in [3.05, 3.63) is 70.5 Å². The summed E-state index contributed by atoms with van der Waals surface area (Å²) in [5.41, 5.74) is 4.51. The Morgan fingerprint density at radius 1 is 1.08 bits per heavy atom. The molecule has 3 heteroatoms. The molecule has 0 atom stereocenters. The van der Waals surface area contributed by atoms with Crippen LogP contribution in [-0.2, 0) is 30.6 Å². The number of halogens is 1. The van der Waals surface area contributed by atoms with Gasteiger partial charge in [-0.1, -0.05) is 36.4 Å². The first kappa shape index (κ1) is 15.4. The van der Waals surface area contributed by atoms with Gasteiger partial charge in [0.2, 0.25) is 5.91 Å². The van der Waals surface area contributed by atoms with Crippen LogP contribution in [0.25, 0.3) is 0 Å². The van der Waals surface area contributed by atoms with Crippen LogP contribution in [0.5, 0.6) is 0 Å². The molecular weight excluding hydrogens is 301 g/mol. The molecule has 2 aliphatic rings. The first-order valence-electron chi connectivity index (χ1n) is 8.84. The van der Waals surface area contributed by atoms with Crippen LogP contribution in [0, 0.1) is 5.82 Å². The molecule has 0 N–H and O–H groups in total. The number of amides is 1. The van der Waals surface area contributed by atoms with Gasteiger partial charge in [0.25, 0.3) is 0 Å². The largest absolute Gasteiger partial charge is 0.335 e. The van der Waals surface area contributed by atoms with E-state index in [0.29, 0.717) is 18.5 Å². The van der Waals surface area contributed by atoms with E-state index in [0.717, 1.165) is 31.2 Å². The number of hydrogen-bond acceptors (Lipinski definition) is 1. The highest BCUT2D eigenvalue weighted by molar-refractivity contribution is 5.79. The van der Waals surface area contributed by atoms with Crippen molar-refractivity contribution in [3.8, 4) is 0 Å². The van der Waals surface area contributed by atoms with E-state index in [1.807, 2.05) is 11.0 Å². The van der Waals surface area contributed by atoms with Gasteiger partial charge >= 0.3 is 0 Å². The van der Waals surface area contributed by atoms with E-state index in [9.17, 15) is 9.18 Å². The fraction of sp³-hybridized carbons (Fsp3) is 0.381. The topological polar surface area (TPSA) is 20.3 Å². The summed E-state index contributed by atoms with van der Waals surface area (Å²) in [6.45, 7) is 0.376. The lowest BCUT2D eigenvalue weighted by Gasteiger charge is -2.23. The van der Waals surface area contributed by atoms with Crippen molar-refractivity contribution in [2.45, 2.75) is 51.1 Å². The minimum atomic E-state index is -0.228. The number of fused-ring (bicyclic) bond motifs is 1. The van der Waals surface area contributed by atoms with Crippen LogP contribution in [0.1, 0.15) is 41.5 Å². The Kier molecular flexibility index (Phi) is 4.09. The van der Waals surface area contributed by atoms with Gasteiger partial charge in [-0.05, 0) is 54.9 Å². The first-order chi connectivity index (χ1) is 11.7. The molecule has 1 saturated carbocycles. The molecule has 0 spiro atoms. The zero-order valence-electron chi connectivity index (χ0n) is 13.8. The summed E-state index contributed by atoms with van der Waals surface area (Å²) in [6.07, 6.45) is 5.98. The highest BCUT2D eigenvalue weighted by Gasteiger charge is 2.32. The quantitative estimate of drug-likeness (QED) is 0.813. The highest BCUT2D eigenvalue weighted by atomic mass is 19.1. The van der Waals surface area contributed by atoms with Crippen LogP contribution in [0.3, 0.4) is 0 Å². The molecule has 2 nitrogen and oxygen atoms in total. The molecule has 2 aromatic rings. The Morgan fingerprint density at radius 3 is 2.67 bits per heavy atom. The molecule has 0 bridgehead atoms. The first-order valence-corrected chi connectivity index (χ1v) is 8.84. The monoisotopic (exact) mass is 323 g/mol. The van der Waals surface area contributed by atoms with E-state index in [-0.39, 0.29) is 17.8 Å². The molecule has 24 heavy (non-hydrogen) atoms. The summed E-state index contributed by atoms with van der Waals surface area (Å²) in [4.78, 5) is 14.7. The van der Waals surface area contributed by atoms with Gasteiger partial charge in [0, 0.05) is 18.2 Å². The molecule has 0 aromatic heterocycles. The molecule has 0 saturated heterocycles. The standard InChI is InChI=1S/C21H22FNO/c22-20-7-2-1-4-18(20)14-23(19-10-11-19)21(24)13-15-8-9-16-5-3-6-17(16)12-15/h1-2,4,7-9,12,19H,3,5-6,10-11,13-14H2. The maximum Gasteiger partial charge on any atom is 0.227 e. The van der Waals surface area contributed by atoms with Crippen molar-refractivity contribution in [3.63, 3.8) is 0 Å². The highest BCUT2D eigenvalue weighted by Crippen LogP contribution is 2.30. The van der Waals surface area contributed by atoms with Gasteiger partial charge in [-0.25, -0.2) is 4.39 Å². The van der Waals surface area contributed by atoms with Crippen LogP contribution >= 0.6 is 0 Å². The SMILES string of the molecule is O=C(Cc1ccc2c(c1)CCC2)N(Cc1ccccc1F)C1CC1. The third-order valence-electron chi connectivity index (χ3n) is 5.12. The Labute approximate surface area is 142 Å². The minimum absolute atomic E-state index is 0.110. The second kappa shape index (κ2) is 6.39. The Bertz CT molecular complexity index is 766. The van der Waals surface area contributed by atoms with Gasteiger partial charge < -0.3 is 4.90 Å². The maximum atomic E-state index is 13.9. The summed E-state index contributed by atoms with van der Waals surface area (Å²) in [5, 5.41) is 0. The van der Waals surface area contributed by atoms with Crippen molar-refractivity contribution in [2.24, 2.45) is 0 Å². The van der Waals surface area contributed by atoms with Crippen LogP contribution in [-0.4, -0.2) is 16.8 Å². The van der Waals surface area contributed by atoms with Gasteiger partial charge in [0.1, 0.15) is 5.82 Å². The van der Waals surface area contributed by atoms with E-state index < -0.39 is 0 Å². The number of hydrogen-bond donors (Lipinski definition) is 0. The van der Waals surface area contributed by atoms with Crippen molar-refractivity contribution in [1.29, 1.82) is 0 Å². The summed E-state index contributed by atoms with van der Waals surface area (Å²) >= 11 is 0. The Balaban J connectivity index is 1.49. The van der Waals surface area contributed by atoms with E-state index in [1.165, 1.54) is 23.6 Å². The van der Waals surface area contributed by atoms with Gasteiger partial charge in [0.05, 0.1) is 6.42 Å². The molecular formula is C21H22FNO. The molecule has 0 heterocycles. The second-order valence-electron chi connectivity index (χ2n) is 6.98. The molecule has 1 fully saturated rings. The number of carbonyl (C=O) groups excluding carboxylic acids is 1. The number of nitrogens with zero attached hydrogens (tertiary/aromatic N) is 1. The van der Waals surface area contributed by atoms with Crippen LogP contribution in [0.2, 0.25) is 0 Å². The van der Waals surface area contributed by atoms with E-state index >= 15 is 0 Å². The smallest absolute Gasteiger partial charge is 0.227 e.